The van der Waals surface area contributed by atoms with Gasteiger partial charge < -0.3 is 15.5 Å². The molecule has 0 saturated heterocycles. The Morgan fingerprint density at radius 2 is 2.21 bits per heavy atom. The van der Waals surface area contributed by atoms with E-state index in [2.05, 4.69) is 10.1 Å². The van der Waals surface area contributed by atoms with Crippen LogP contribution in [-0.4, -0.2) is 46.4 Å². The zero-order chi connectivity index (χ0) is 14.6. The number of aromatic nitrogens is 2. The molecule has 1 aromatic heterocycles. The first-order valence-corrected chi connectivity index (χ1v) is 7.31. The van der Waals surface area contributed by atoms with Crippen LogP contribution in [0.4, 0.5) is 0 Å². The second-order valence-electron chi connectivity index (χ2n) is 3.93. The summed E-state index contributed by atoms with van der Waals surface area (Å²) in [5.74, 6) is 0.456. The van der Waals surface area contributed by atoms with E-state index >= 15 is 0 Å². The highest BCUT2D eigenvalue weighted by Gasteiger charge is 2.27. The van der Waals surface area contributed by atoms with Crippen LogP contribution >= 0.6 is 0 Å². The predicted molar refractivity (Wildman–Crippen MR) is 70.5 cm³/mol. The van der Waals surface area contributed by atoms with Gasteiger partial charge in [-0.25, -0.2) is 13.4 Å². The third-order valence-electron chi connectivity index (χ3n) is 2.72. The van der Waals surface area contributed by atoms with Crippen molar-refractivity contribution in [3.63, 3.8) is 0 Å². The summed E-state index contributed by atoms with van der Waals surface area (Å²) < 4.78 is 27.5. The largest absolute Gasteiger partial charge is 0.409 e. The molecule has 0 fully saturated rings. The van der Waals surface area contributed by atoms with Gasteiger partial charge in [-0.1, -0.05) is 12.1 Å². The van der Waals surface area contributed by atoms with Gasteiger partial charge in [0.2, 0.25) is 0 Å². The van der Waals surface area contributed by atoms with Gasteiger partial charge in [-0.15, -0.1) is 0 Å². The van der Waals surface area contributed by atoms with E-state index in [1.54, 1.807) is 18.4 Å². The van der Waals surface area contributed by atoms with Crippen LogP contribution in [0.15, 0.2) is 16.4 Å². The molecule has 8 nitrogen and oxygen atoms in total. The Morgan fingerprint density at radius 1 is 1.58 bits per heavy atom. The second-order valence-corrected chi connectivity index (χ2v) is 5.82. The smallest absolute Gasteiger partial charge is 0.262 e. The van der Waals surface area contributed by atoms with Gasteiger partial charge in [0.05, 0.1) is 6.54 Å². The summed E-state index contributed by atoms with van der Waals surface area (Å²) >= 11 is 0. The molecule has 0 amide bonds. The Hall–Kier alpha value is -1.61. The van der Waals surface area contributed by atoms with Crippen molar-refractivity contribution in [1.29, 1.82) is 0 Å². The fourth-order valence-corrected chi connectivity index (χ4v) is 3.05. The van der Waals surface area contributed by atoms with E-state index in [0.29, 0.717) is 12.4 Å². The van der Waals surface area contributed by atoms with Gasteiger partial charge in [0, 0.05) is 19.3 Å². The zero-order valence-corrected chi connectivity index (χ0v) is 12.1. The van der Waals surface area contributed by atoms with E-state index in [-0.39, 0.29) is 24.0 Å². The molecule has 1 rings (SSSR count). The molecule has 0 aliphatic heterocycles. The molecule has 3 N–H and O–H groups in total. The van der Waals surface area contributed by atoms with Crippen LogP contribution in [0, 0.1) is 6.92 Å². The van der Waals surface area contributed by atoms with Gasteiger partial charge in [-0.05, 0) is 13.8 Å². The van der Waals surface area contributed by atoms with Crippen molar-refractivity contribution >= 4 is 15.9 Å². The number of amidine groups is 1. The van der Waals surface area contributed by atoms with Gasteiger partial charge in [0.1, 0.15) is 5.82 Å². The number of nitrogens with two attached hydrogens (primary N) is 1. The summed E-state index contributed by atoms with van der Waals surface area (Å²) in [6.45, 7) is 5.98. The number of hydrogen-bond donors (Lipinski definition) is 2. The SMILES string of the molecule is CCN(CC(N)=NO)S(=O)(=O)c1cn(CC)c(C)n1. The summed E-state index contributed by atoms with van der Waals surface area (Å²) in [4.78, 5) is 4.05. The van der Waals surface area contributed by atoms with E-state index in [1.807, 2.05) is 6.92 Å². The molecule has 0 unspecified atom stereocenters. The van der Waals surface area contributed by atoms with E-state index in [1.165, 1.54) is 6.20 Å². The molecule has 1 heterocycles. The first-order valence-electron chi connectivity index (χ1n) is 5.87. The highest BCUT2D eigenvalue weighted by molar-refractivity contribution is 7.89. The number of imidazole rings is 1. The predicted octanol–water partition coefficient (Wildman–Crippen LogP) is -0.0316. The Kier molecular flexibility index (Phi) is 4.90. The summed E-state index contributed by atoms with van der Waals surface area (Å²) in [6.07, 6.45) is 1.49. The maximum absolute atomic E-state index is 12.4. The maximum Gasteiger partial charge on any atom is 0.262 e. The van der Waals surface area contributed by atoms with Crippen molar-refractivity contribution in [2.24, 2.45) is 10.9 Å². The number of sulfonamides is 1. The Labute approximate surface area is 112 Å². The summed E-state index contributed by atoms with van der Waals surface area (Å²) in [7, 11) is -3.74. The Balaban J connectivity index is 3.13. The molecule has 0 aromatic carbocycles. The first kappa shape index (κ1) is 15.4. The topological polar surface area (TPSA) is 114 Å². The lowest BCUT2D eigenvalue weighted by atomic mass is 10.6. The number of hydrogen-bond acceptors (Lipinski definition) is 5. The van der Waals surface area contributed by atoms with Crippen LogP contribution in [-0.2, 0) is 16.6 Å². The average Bonchev–Trinajstić information content (AvgIpc) is 2.77. The number of rotatable bonds is 6. The van der Waals surface area contributed by atoms with Crippen molar-refractivity contribution in [3.05, 3.63) is 12.0 Å². The van der Waals surface area contributed by atoms with E-state index in [4.69, 9.17) is 10.9 Å². The molecule has 0 spiro atoms. The molecule has 9 heteroatoms. The number of nitrogens with zero attached hydrogens (tertiary/aromatic N) is 4. The molecular formula is C10H19N5O3S. The van der Waals surface area contributed by atoms with Crippen LogP contribution in [0.2, 0.25) is 0 Å². The van der Waals surface area contributed by atoms with Crippen molar-refractivity contribution < 1.29 is 13.6 Å². The number of aryl methyl sites for hydroxylation is 2. The number of oxime groups is 1. The van der Waals surface area contributed by atoms with Crippen molar-refractivity contribution in [2.45, 2.75) is 32.3 Å². The molecule has 0 bridgehead atoms. The van der Waals surface area contributed by atoms with Crippen molar-refractivity contribution in [2.75, 3.05) is 13.1 Å². The van der Waals surface area contributed by atoms with E-state index < -0.39 is 10.0 Å². The van der Waals surface area contributed by atoms with Crippen molar-refractivity contribution in [1.82, 2.24) is 13.9 Å². The van der Waals surface area contributed by atoms with Gasteiger partial charge in [-0.3, -0.25) is 0 Å². The maximum atomic E-state index is 12.4. The Morgan fingerprint density at radius 3 is 2.63 bits per heavy atom. The summed E-state index contributed by atoms with van der Waals surface area (Å²) in [5.41, 5.74) is 5.35. The highest BCUT2D eigenvalue weighted by Crippen LogP contribution is 2.15. The van der Waals surface area contributed by atoms with Gasteiger partial charge in [0.15, 0.2) is 10.9 Å². The quantitative estimate of drug-likeness (QED) is 0.330. The van der Waals surface area contributed by atoms with Crippen LogP contribution in [0.25, 0.3) is 0 Å². The minimum atomic E-state index is -3.74. The Bertz CT molecular complexity index is 564. The summed E-state index contributed by atoms with van der Waals surface area (Å²) in [6, 6.07) is 0. The summed E-state index contributed by atoms with van der Waals surface area (Å²) in [5, 5.41) is 11.3. The van der Waals surface area contributed by atoms with Crippen LogP contribution in [0.1, 0.15) is 19.7 Å². The zero-order valence-electron chi connectivity index (χ0n) is 11.2. The van der Waals surface area contributed by atoms with Crippen molar-refractivity contribution in [3.8, 4) is 0 Å². The normalized spacial score (nSPS) is 13.2. The molecular weight excluding hydrogens is 270 g/mol. The highest BCUT2D eigenvalue weighted by atomic mass is 32.2. The van der Waals surface area contributed by atoms with Crippen LogP contribution < -0.4 is 5.73 Å². The van der Waals surface area contributed by atoms with Gasteiger partial charge >= 0.3 is 0 Å². The molecule has 1 aromatic rings. The molecule has 0 atom stereocenters. The molecule has 0 radical (unpaired) electrons. The first-order chi connectivity index (χ1) is 8.86. The molecule has 0 saturated carbocycles. The standard InChI is InChI=1S/C10H19N5O3S/c1-4-14-7-10(12-8(14)3)19(17,18)15(5-2)6-9(11)13-16/h7,16H,4-6H2,1-3H3,(H2,11,13). The molecule has 19 heavy (non-hydrogen) atoms. The molecule has 108 valence electrons. The van der Waals surface area contributed by atoms with E-state index in [9.17, 15) is 8.42 Å². The monoisotopic (exact) mass is 289 g/mol. The molecule has 0 aliphatic carbocycles. The lowest BCUT2D eigenvalue weighted by Crippen LogP contribution is -2.38. The fraction of sp³-hybridized carbons (Fsp3) is 0.600. The lowest BCUT2D eigenvalue weighted by Gasteiger charge is -2.17. The minimum Gasteiger partial charge on any atom is -0.409 e. The second kappa shape index (κ2) is 6.02. The van der Waals surface area contributed by atoms with Crippen LogP contribution in [0.3, 0.4) is 0 Å². The fourth-order valence-electron chi connectivity index (χ4n) is 1.64. The minimum absolute atomic E-state index is 0.0283. The lowest BCUT2D eigenvalue weighted by molar-refractivity contribution is 0.315. The molecule has 0 aliphatic rings. The third-order valence-corrected chi connectivity index (χ3v) is 4.51. The average molecular weight is 289 g/mol. The number of likely N-dealkylation sites (N-methyl/N-ethyl adjacent to an activating group) is 1. The van der Waals surface area contributed by atoms with Gasteiger partial charge in [0.25, 0.3) is 10.0 Å². The van der Waals surface area contributed by atoms with E-state index in [0.717, 1.165) is 4.31 Å². The van der Waals surface area contributed by atoms with Crippen LogP contribution in [0.5, 0.6) is 0 Å². The van der Waals surface area contributed by atoms with Gasteiger partial charge in [-0.2, -0.15) is 4.31 Å². The third kappa shape index (κ3) is 3.24.